The first-order valence-electron chi connectivity index (χ1n) is 5.13. The lowest BCUT2D eigenvalue weighted by Crippen LogP contribution is -2.25. The number of hydrogen-bond acceptors (Lipinski definition) is 4. The van der Waals surface area contributed by atoms with Crippen LogP contribution in [0.1, 0.15) is 23.3 Å². The van der Waals surface area contributed by atoms with Gasteiger partial charge in [-0.1, -0.05) is 12.1 Å². The topological polar surface area (TPSA) is 72.0 Å². The van der Waals surface area contributed by atoms with Gasteiger partial charge in [0.05, 0.1) is 17.4 Å². The Morgan fingerprint density at radius 1 is 1.00 bits per heavy atom. The summed E-state index contributed by atoms with van der Waals surface area (Å²) in [4.78, 5) is 8.56. The third kappa shape index (κ3) is 1.17. The molecular weight excluding hydrogens is 202 g/mol. The zero-order chi connectivity index (χ0) is 11.1. The summed E-state index contributed by atoms with van der Waals surface area (Å²) < 4.78 is 0. The predicted octanol–water partition coefficient (Wildman–Crippen LogP) is 1.19. The van der Waals surface area contributed by atoms with Crippen LogP contribution in [0.3, 0.4) is 0 Å². The highest BCUT2D eigenvalue weighted by molar-refractivity contribution is 5.67. The van der Waals surface area contributed by atoms with Crippen molar-refractivity contribution in [3.8, 4) is 11.4 Å². The molecule has 0 aliphatic heterocycles. The molecule has 4 heteroatoms. The fourth-order valence-corrected chi connectivity index (χ4v) is 2.10. The minimum atomic E-state index is -0.708. The summed E-state index contributed by atoms with van der Waals surface area (Å²) >= 11 is 0. The quantitative estimate of drug-likeness (QED) is 0.689. The van der Waals surface area contributed by atoms with E-state index in [0.29, 0.717) is 0 Å². The second-order valence-electron chi connectivity index (χ2n) is 3.85. The van der Waals surface area contributed by atoms with Gasteiger partial charge in [-0.2, -0.15) is 0 Å². The number of aromatic nitrogens is 2. The van der Waals surface area contributed by atoms with Crippen molar-refractivity contribution in [1.82, 2.24) is 9.97 Å². The first kappa shape index (κ1) is 9.45. The smallest absolute Gasteiger partial charge is 0.100 e. The van der Waals surface area contributed by atoms with Crippen molar-refractivity contribution >= 4 is 0 Å². The van der Waals surface area contributed by atoms with E-state index in [4.69, 9.17) is 5.73 Å². The number of nitrogens with two attached hydrogens (primary N) is 1. The van der Waals surface area contributed by atoms with E-state index in [2.05, 4.69) is 9.97 Å². The van der Waals surface area contributed by atoms with E-state index in [0.717, 1.165) is 22.5 Å². The van der Waals surface area contributed by atoms with Gasteiger partial charge in [0.1, 0.15) is 6.10 Å². The van der Waals surface area contributed by atoms with Gasteiger partial charge in [0, 0.05) is 18.0 Å². The number of aliphatic hydroxyl groups excluding tert-OH is 1. The molecule has 0 unspecified atom stereocenters. The molecule has 1 aliphatic carbocycles. The molecule has 0 aromatic carbocycles. The maximum atomic E-state index is 10.1. The Morgan fingerprint density at radius 2 is 1.56 bits per heavy atom. The molecular formula is C12H11N3O. The summed E-state index contributed by atoms with van der Waals surface area (Å²) in [7, 11) is 0. The zero-order valence-corrected chi connectivity index (χ0v) is 8.54. The molecule has 0 amide bonds. The van der Waals surface area contributed by atoms with Crippen molar-refractivity contribution in [3.63, 3.8) is 0 Å². The molecule has 0 saturated carbocycles. The molecule has 3 rings (SSSR count). The van der Waals surface area contributed by atoms with Gasteiger partial charge >= 0.3 is 0 Å². The summed E-state index contributed by atoms with van der Waals surface area (Å²) in [5.74, 6) is 0. The Hall–Kier alpha value is -1.78. The molecule has 3 N–H and O–H groups in total. The van der Waals surface area contributed by atoms with E-state index in [1.165, 1.54) is 0 Å². The number of fused-ring (bicyclic) bond motifs is 3. The standard InChI is InChI=1S/C12H11N3O/c13-9-7-3-1-5-14-10(7)11-8(12(9)16)4-2-6-15-11/h1-6,9,12,16H,13H2/t9-,12-/m0/s1. The second-order valence-corrected chi connectivity index (χ2v) is 3.85. The Balaban J connectivity index is 2.33. The van der Waals surface area contributed by atoms with Crippen LogP contribution < -0.4 is 5.73 Å². The predicted molar refractivity (Wildman–Crippen MR) is 59.4 cm³/mol. The molecule has 0 saturated heterocycles. The largest absolute Gasteiger partial charge is 0.386 e. The van der Waals surface area contributed by atoms with E-state index in [-0.39, 0.29) is 0 Å². The molecule has 0 radical (unpaired) electrons. The minimum Gasteiger partial charge on any atom is -0.386 e. The molecule has 0 bridgehead atoms. The molecule has 2 atom stereocenters. The molecule has 2 aromatic rings. The summed E-state index contributed by atoms with van der Waals surface area (Å²) in [5.41, 5.74) is 9.09. The van der Waals surface area contributed by atoms with E-state index in [1.807, 2.05) is 18.2 Å². The van der Waals surface area contributed by atoms with Crippen LogP contribution in [-0.4, -0.2) is 15.1 Å². The average molecular weight is 213 g/mol. The lowest BCUT2D eigenvalue weighted by Gasteiger charge is -2.27. The minimum absolute atomic E-state index is 0.430. The Labute approximate surface area is 92.8 Å². The highest BCUT2D eigenvalue weighted by Crippen LogP contribution is 2.40. The van der Waals surface area contributed by atoms with Crippen molar-refractivity contribution in [1.29, 1.82) is 0 Å². The van der Waals surface area contributed by atoms with E-state index in [9.17, 15) is 5.11 Å². The highest BCUT2D eigenvalue weighted by Gasteiger charge is 2.31. The van der Waals surface area contributed by atoms with Gasteiger partial charge in [-0.15, -0.1) is 0 Å². The van der Waals surface area contributed by atoms with Gasteiger partial charge in [0.15, 0.2) is 0 Å². The van der Waals surface area contributed by atoms with Crippen LogP contribution in [0.2, 0.25) is 0 Å². The molecule has 2 aromatic heterocycles. The van der Waals surface area contributed by atoms with Crippen LogP contribution in [0.4, 0.5) is 0 Å². The molecule has 16 heavy (non-hydrogen) atoms. The Bertz CT molecular complexity index is 492. The fourth-order valence-electron chi connectivity index (χ4n) is 2.10. The third-order valence-corrected chi connectivity index (χ3v) is 2.92. The number of nitrogens with zero attached hydrogens (tertiary/aromatic N) is 2. The number of rotatable bonds is 0. The van der Waals surface area contributed by atoms with Crippen LogP contribution in [0.15, 0.2) is 36.7 Å². The Morgan fingerprint density at radius 3 is 2.25 bits per heavy atom. The van der Waals surface area contributed by atoms with Crippen LogP contribution in [-0.2, 0) is 0 Å². The van der Waals surface area contributed by atoms with Crippen molar-refractivity contribution in [2.75, 3.05) is 0 Å². The van der Waals surface area contributed by atoms with Crippen LogP contribution in [0.5, 0.6) is 0 Å². The first-order valence-corrected chi connectivity index (χ1v) is 5.13. The fraction of sp³-hybridized carbons (Fsp3) is 0.167. The first-order chi connectivity index (χ1) is 7.79. The molecule has 80 valence electrons. The van der Waals surface area contributed by atoms with Crippen LogP contribution in [0, 0.1) is 0 Å². The van der Waals surface area contributed by atoms with Crippen molar-refractivity contribution in [2.45, 2.75) is 12.1 Å². The van der Waals surface area contributed by atoms with Gasteiger partial charge in [0.25, 0.3) is 0 Å². The number of hydrogen-bond donors (Lipinski definition) is 2. The summed E-state index contributed by atoms with van der Waals surface area (Å²) in [6, 6.07) is 6.90. The lowest BCUT2D eigenvalue weighted by atomic mass is 9.87. The van der Waals surface area contributed by atoms with Crippen molar-refractivity contribution in [3.05, 3.63) is 47.8 Å². The van der Waals surface area contributed by atoms with Gasteiger partial charge in [-0.25, -0.2) is 0 Å². The summed E-state index contributed by atoms with van der Waals surface area (Å²) in [6.07, 6.45) is 2.70. The van der Waals surface area contributed by atoms with Crippen LogP contribution in [0.25, 0.3) is 11.4 Å². The highest BCUT2D eigenvalue weighted by atomic mass is 16.3. The van der Waals surface area contributed by atoms with Crippen molar-refractivity contribution < 1.29 is 5.11 Å². The lowest BCUT2D eigenvalue weighted by molar-refractivity contribution is 0.145. The zero-order valence-electron chi connectivity index (χ0n) is 8.54. The third-order valence-electron chi connectivity index (χ3n) is 2.92. The van der Waals surface area contributed by atoms with E-state index in [1.54, 1.807) is 18.5 Å². The van der Waals surface area contributed by atoms with Gasteiger partial charge in [0.2, 0.25) is 0 Å². The summed E-state index contributed by atoms with van der Waals surface area (Å²) in [6.45, 7) is 0. The maximum absolute atomic E-state index is 10.1. The molecule has 0 spiro atoms. The summed E-state index contributed by atoms with van der Waals surface area (Å²) in [5, 5.41) is 10.1. The van der Waals surface area contributed by atoms with Crippen molar-refractivity contribution in [2.24, 2.45) is 5.73 Å². The maximum Gasteiger partial charge on any atom is 0.100 e. The Kier molecular flexibility index (Phi) is 1.99. The normalized spacial score (nSPS) is 22.4. The second kappa shape index (κ2) is 3.37. The molecule has 1 aliphatic rings. The van der Waals surface area contributed by atoms with Gasteiger partial charge < -0.3 is 10.8 Å². The van der Waals surface area contributed by atoms with E-state index < -0.39 is 12.1 Å². The van der Waals surface area contributed by atoms with Gasteiger partial charge in [-0.05, 0) is 17.7 Å². The molecule has 2 heterocycles. The van der Waals surface area contributed by atoms with E-state index >= 15 is 0 Å². The monoisotopic (exact) mass is 213 g/mol. The molecule has 4 nitrogen and oxygen atoms in total. The number of aliphatic hydroxyl groups is 1. The number of pyridine rings is 2. The van der Waals surface area contributed by atoms with Gasteiger partial charge in [-0.3, -0.25) is 9.97 Å². The average Bonchev–Trinajstić information content (AvgIpc) is 2.36. The molecule has 0 fully saturated rings. The van der Waals surface area contributed by atoms with Crippen LogP contribution >= 0.6 is 0 Å². The SMILES string of the molecule is N[C@H]1c2cccnc2-c2ncccc2[C@@H]1O.